The van der Waals surface area contributed by atoms with Crippen LogP contribution in [0, 0.1) is 35.4 Å². The van der Waals surface area contributed by atoms with Gasteiger partial charge < -0.3 is 10.3 Å². The lowest BCUT2D eigenvalue weighted by atomic mass is 9.68. The average molecular weight is 615 g/mol. The number of aromatic amines is 1. The van der Waals surface area contributed by atoms with Crippen LogP contribution >= 0.6 is 23.1 Å². The standard InChI is InChI=1S/C27H23FN4O6S3/c28-12-3-1-11(2-4-12)18-19-15-9-16(22(19)39-24-23(18)40-27(36)31-24)21-20(15)25(34)32(26(21)35)10-17(33)30-13-5-7-14(8-6-13)41(29,37)38/h1-8,15-16,18-22H,9-10H2,(H,30,33)(H,31,36)(H2,29,37,38). The van der Waals surface area contributed by atoms with Crippen molar-refractivity contribution < 1.29 is 27.2 Å². The number of halogens is 1. The lowest BCUT2D eigenvalue weighted by molar-refractivity contribution is -0.143. The van der Waals surface area contributed by atoms with Crippen molar-refractivity contribution in [3.8, 4) is 0 Å². The molecule has 3 heterocycles. The molecule has 0 spiro atoms. The fourth-order valence-corrected chi connectivity index (χ4v) is 10.8. The molecule has 2 aliphatic carbocycles. The van der Waals surface area contributed by atoms with E-state index in [1.165, 1.54) is 36.4 Å². The number of nitrogens with two attached hydrogens (primary N) is 1. The number of rotatable bonds is 5. The van der Waals surface area contributed by atoms with E-state index in [2.05, 4.69) is 10.3 Å². The van der Waals surface area contributed by atoms with Gasteiger partial charge in [0.05, 0.1) is 21.8 Å². The zero-order valence-corrected chi connectivity index (χ0v) is 23.6. The second-order valence-corrected chi connectivity index (χ2v) is 14.7. The van der Waals surface area contributed by atoms with Crippen LogP contribution in [0.3, 0.4) is 0 Å². The second kappa shape index (κ2) is 9.34. The predicted molar refractivity (Wildman–Crippen MR) is 148 cm³/mol. The Morgan fingerprint density at radius 3 is 2.34 bits per heavy atom. The zero-order valence-electron chi connectivity index (χ0n) is 21.2. The van der Waals surface area contributed by atoms with Crippen molar-refractivity contribution in [3.63, 3.8) is 0 Å². The molecule has 2 aromatic carbocycles. The number of fused-ring (bicyclic) bond motifs is 9. The summed E-state index contributed by atoms with van der Waals surface area (Å²) in [4.78, 5) is 57.0. The second-order valence-electron chi connectivity index (χ2n) is 10.9. The number of carbonyl (C=O) groups excluding carboxylic acids is 3. The number of amides is 3. The molecule has 4 aliphatic rings. The molecule has 10 nitrogen and oxygen atoms in total. The Kier molecular flexibility index (Phi) is 6.05. The van der Waals surface area contributed by atoms with Crippen molar-refractivity contribution >= 4 is 56.5 Å². The first-order valence-electron chi connectivity index (χ1n) is 12.9. The fraction of sp³-hybridized carbons (Fsp3) is 0.333. The SMILES string of the molecule is NS(=O)(=O)c1ccc(NC(=O)CN2C(=O)C3C4CC(C3C2=O)C2C(c3ccc(F)cc3)c3sc(=O)[nH]c3SC42)cc1. The molecule has 4 N–H and O–H groups in total. The number of thiazole rings is 1. The molecule has 2 bridgehead atoms. The number of hydrogen-bond donors (Lipinski definition) is 3. The van der Waals surface area contributed by atoms with Gasteiger partial charge >= 0.3 is 4.87 Å². The molecule has 3 fully saturated rings. The highest BCUT2D eigenvalue weighted by Crippen LogP contribution is 2.68. The number of sulfonamides is 1. The largest absolute Gasteiger partial charge is 0.325 e. The maximum Gasteiger partial charge on any atom is 0.305 e. The van der Waals surface area contributed by atoms with Gasteiger partial charge in [0.2, 0.25) is 27.7 Å². The highest BCUT2D eigenvalue weighted by molar-refractivity contribution is 8.00. The molecule has 2 aliphatic heterocycles. The first kappa shape index (κ1) is 26.6. The first-order chi connectivity index (χ1) is 19.5. The van der Waals surface area contributed by atoms with E-state index in [0.29, 0.717) is 12.1 Å². The van der Waals surface area contributed by atoms with Gasteiger partial charge in [-0.25, -0.2) is 17.9 Å². The highest BCUT2D eigenvalue weighted by atomic mass is 32.2. The fourth-order valence-electron chi connectivity index (χ4n) is 7.35. The molecule has 7 atom stereocenters. The van der Waals surface area contributed by atoms with E-state index in [1.54, 1.807) is 23.9 Å². The molecular formula is C27H23FN4O6S3. The van der Waals surface area contributed by atoms with Gasteiger partial charge in [0.25, 0.3) is 0 Å². The van der Waals surface area contributed by atoms with E-state index in [9.17, 15) is 32.0 Å². The van der Waals surface area contributed by atoms with Crippen LogP contribution in [-0.2, 0) is 24.4 Å². The van der Waals surface area contributed by atoms with E-state index < -0.39 is 34.3 Å². The van der Waals surface area contributed by atoms with Crippen LogP contribution in [0.1, 0.15) is 22.8 Å². The number of nitrogens with one attached hydrogen (secondary N) is 2. The van der Waals surface area contributed by atoms with Crippen molar-refractivity contribution in [3.05, 3.63) is 74.5 Å². The number of carbonyl (C=O) groups is 3. The van der Waals surface area contributed by atoms with Crippen molar-refractivity contribution in [2.45, 2.75) is 27.5 Å². The topological polar surface area (TPSA) is 159 Å². The highest BCUT2D eigenvalue weighted by Gasteiger charge is 2.69. The van der Waals surface area contributed by atoms with Gasteiger partial charge in [0, 0.05) is 21.7 Å². The molecule has 3 amide bonds. The molecule has 41 heavy (non-hydrogen) atoms. The molecule has 7 unspecified atom stereocenters. The molecule has 3 aromatic rings. The molecule has 1 saturated heterocycles. The number of hydrogen-bond acceptors (Lipinski definition) is 8. The monoisotopic (exact) mass is 614 g/mol. The lowest BCUT2D eigenvalue weighted by Gasteiger charge is -2.43. The van der Waals surface area contributed by atoms with Gasteiger partial charge in [-0.2, -0.15) is 0 Å². The smallest absolute Gasteiger partial charge is 0.305 e. The Hall–Kier alpha value is -3.33. The summed E-state index contributed by atoms with van der Waals surface area (Å²) in [5, 5.41) is 8.46. The van der Waals surface area contributed by atoms with Crippen LogP contribution in [0.15, 0.2) is 63.2 Å². The zero-order chi connectivity index (χ0) is 28.8. The minimum Gasteiger partial charge on any atom is -0.325 e. The van der Waals surface area contributed by atoms with Gasteiger partial charge in [0.15, 0.2) is 0 Å². The van der Waals surface area contributed by atoms with Crippen LogP contribution in [0.2, 0.25) is 0 Å². The van der Waals surface area contributed by atoms with Gasteiger partial charge in [-0.05, 0) is 66.1 Å². The Morgan fingerprint density at radius 2 is 1.68 bits per heavy atom. The summed E-state index contributed by atoms with van der Waals surface area (Å²) in [5.74, 6) is -3.25. The molecule has 2 saturated carbocycles. The summed E-state index contributed by atoms with van der Waals surface area (Å²) in [6.07, 6.45) is 0.697. The van der Waals surface area contributed by atoms with Crippen molar-refractivity contribution in [2.24, 2.45) is 34.7 Å². The normalized spacial score (nSPS) is 29.8. The van der Waals surface area contributed by atoms with Crippen molar-refractivity contribution in [1.29, 1.82) is 0 Å². The minimum atomic E-state index is -3.89. The van der Waals surface area contributed by atoms with Crippen LogP contribution in [0.4, 0.5) is 10.1 Å². The molecule has 212 valence electrons. The van der Waals surface area contributed by atoms with Gasteiger partial charge in [-0.1, -0.05) is 23.5 Å². The summed E-state index contributed by atoms with van der Waals surface area (Å²) in [6.45, 7) is -0.453. The predicted octanol–water partition coefficient (Wildman–Crippen LogP) is 2.33. The molecule has 1 aromatic heterocycles. The molecule has 0 radical (unpaired) electrons. The molecule has 14 heteroatoms. The minimum absolute atomic E-state index is 0.0167. The maximum atomic E-state index is 13.8. The summed E-state index contributed by atoms with van der Waals surface area (Å²) in [6, 6.07) is 11.5. The number of aromatic nitrogens is 1. The third kappa shape index (κ3) is 4.18. The third-order valence-electron chi connectivity index (χ3n) is 8.81. The van der Waals surface area contributed by atoms with E-state index in [1.807, 2.05) is 0 Å². The Morgan fingerprint density at radius 1 is 1.02 bits per heavy atom. The van der Waals surface area contributed by atoms with Gasteiger partial charge in [-0.3, -0.25) is 24.1 Å². The molecular weight excluding hydrogens is 592 g/mol. The van der Waals surface area contributed by atoms with Crippen LogP contribution < -0.4 is 15.3 Å². The summed E-state index contributed by atoms with van der Waals surface area (Å²) < 4.78 is 36.7. The van der Waals surface area contributed by atoms with Crippen LogP contribution in [0.25, 0.3) is 0 Å². The number of primary sulfonamides is 1. The van der Waals surface area contributed by atoms with E-state index in [0.717, 1.165) is 31.7 Å². The Bertz CT molecular complexity index is 1770. The number of benzene rings is 2. The Balaban J connectivity index is 1.14. The van der Waals surface area contributed by atoms with E-state index in [-0.39, 0.29) is 56.3 Å². The number of imide groups is 1. The van der Waals surface area contributed by atoms with Gasteiger partial charge in [-0.15, -0.1) is 11.8 Å². The first-order valence-corrected chi connectivity index (χ1v) is 16.2. The quantitative estimate of drug-likeness (QED) is 0.372. The third-order valence-corrected chi connectivity index (χ3v) is 12.3. The van der Waals surface area contributed by atoms with Gasteiger partial charge in [0.1, 0.15) is 12.4 Å². The summed E-state index contributed by atoms with van der Waals surface area (Å²) in [7, 11) is -3.89. The average Bonchev–Trinajstić information content (AvgIpc) is 3.65. The number of H-pyrrole nitrogens is 1. The number of thioether (sulfide) groups is 1. The van der Waals surface area contributed by atoms with Crippen molar-refractivity contribution in [2.75, 3.05) is 11.9 Å². The van der Waals surface area contributed by atoms with E-state index in [4.69, 9.17) is 5.14 Å². The maximum absolute atomic E-state index is 13.8. The number of nitrogens with zero attached hydrogens (tertiary/aromatic N) is 1. The summed E-state index contributed by atoms with van der Waals surface area (Å²) >= 11 is 2.68. The number of anilines is 1. The lowest BCUT2D eigenvalue weighted by Crippen LogP contribution is -2.42. The number of likely N-dealkylation sites (tertiary alicyclic amines) is 1. The van der Waals surface area contributed by atoms with Crippen LogP contribution in [-0.4, -0.2) is 47.8 Å². The Labute approximate surface area is 241 Å². The molecule has 7 rings (SSSR count). The summed E-state index contributed by atoms with van der Waals surface area (Å²) in [5.41, 5.74) is 1.16. The van der Waals surface area contributed by atoms with Crippen molar-refractivity contribution in [1.82, 2.24) is 9.88 Å². The van der Waals surface area contributed by atoms with Crippen LogP contribution in [0.5, 0.6) is 0 Å². The van der Waals surface area contributed by atoms with E-state index >= 15 is 0 Å².